The van der Waals surface area contributed by atoms with Gasteiger partial charge in [0.15, 0.2) is 0 Å². The van der Waals surface area contributed by atoms with Crippen LogP contribution in [0.3, 0.4) is 0 Å². The van der Waals surface area contributed by atoms with Crippen molar-refractivity contribution in [3.8, 4) is 5.69 Å². The van der Waals surface area contributed by atoms with Gasteiger partial charge in [-0.25, -0.2) is 13.1 Å². The van der Waals surface area contributed by atoms with E-state index in [1.165, 1.54) is 0 Å². The smallest absolute Gasteiger partial charge is 0.243 e. The zero-order valence-corrected chi connectivity index (χ0v) is 21.5. The summed E-state index contributed by atoms with van der Waals surface area (Å²) in [6, 6.07) is 12.0. The predicted molar refractivity (Wildman–Crippen MR) is 133 cm³/mol. The van der Waals surface area contributed by atoms with E-state index < -0.39 is 10.0 Å². The average molecular weight is 486 g/mol. The van der Waals surface area contributed by atoms with Gasteiger partial charge in [-0.3, -0.25) is 9.47 Å². The summed E-state index contributed by atoms with van der Waals surface area (Å²) < 4.78 is 32.8. The summed E-state index contributed by atoms with van der Waals surface area (Å²) in [4.78, 5) is 2.64. The van der Waals surface area contributed by atoms with E-state index in [1.54, 1.807) is 4.31 Å². The lowest BCUT2D eigenvalue weighted by molar-refractivity contribution is 0.144. The quantitative estimate of drug-likeness (QED) is 0.513. The molecule has 0 aliphatic carbocycles. The van der Waals surface area contributed by atoms with E-state index in [9.17, 15) is 8.42 Å². The second kappa shape index (κ2) is 9.13. The number of rotatable bonds is 5. The molecule has 0 amide bonds. The highest BCUT2D eigenvalue weighted by atomic mass is 32.2. The molecule has 0 radical (unpaired) electrons. The average Bonchev–Trinajstić information content (AvgIpc) is 3.01. The van der Waals surface area contributed by atoms with E-state index in [2.05, 4.69) is 23.0 Å². The Morgan fingerprint density at radius 1 is 0.909 bits per heavy atom. The van der Waals surface area contributed by atoms with Crippen LogP contribution >= 0.6 is 12.2 Å². The van der Waals surface area contributed by atoms with Crippen molar-refractivity contribution in [1.29, 1.82) is 0 Å². The fourth-order valence-electron chi connectivity index (χ4n) is 4.70. The molecule has 9 heteroatoms. The van der Waals surface area contributed by atoms with Crippen LogP contribution in [0.15, 0.2) is 41.3 Å². The number of piperazine rings is 1. The first-order valence-corrected chi connectivity index (χ1v) is 13.0. The highest BCUT2D eigenvalue weighted by Crippen LogP contribution is 2.26. The highest BCUT2D eigenvalue weighted by molar-refractivity contribution is 7.89. The summed E-state index contributed by atoms with van der Waals surface area (Å²) in [7, 11) is -3.53. The summed E-state index contributed by atoms with van der Waals surface area (Å²) in [6.45, 7) is 12.4. The molecule has 2 aromatic carbocycles. The topological polar surface area (TPSA) is 63.4 Å². The molecule has 1 saturated heterocycles. The van der Waals surface area contributed by atoms with E-state index in [0.29, 0.717) is 42.5 Å². The SMILES string of the molecule is Cc1cc(C)c(S(=O)(=O)N2CCN(Cn3nc(C)n(-c4ccccc4C)c3=S)CC2)c(C)c1. The molecule has 1 fully saturated rings. The summed E-state index contributed by atoms with van der Waals surface area (Å²) in [5.41, 5.74) is 4.85. The van der Waals surface area contributed by atoms with Crippen LogP contribution < -0.4 is 0 Å². The number of benzene rings is 2. The summed E-state index contributed by atoms with van der Waals surface area (Å²) >= 11 is 5.74. The third-order valence-corrected chi connectivity index (χ3v) is 8.82. The number of aryl methyl sites for hydroxylation is 5. The monoisotopic (exact) mass is 485 g/mol. The Labute approximate surface area is 201 Å². The molecule has 0 unspecified atom stereocenters. The van der Waals surface area contributed by atoms with E-state index >= 15 is 0 Å². The Kier molecular flexibility index (Phi) is 6.59. The van der Waals surface area contributed by atoms with Crippen LogP contribution in [0, 0.1) is 39.4 Å². The van der Waals surface area contributed by atoms with Gasteiger partial charge in [-0.1, -0.05) is 35.9 Å². The Balaban J connectivity index is 1.49. The van der Waals surface area contributed by atoms with E-state index in [1.807, 2.05) is 67.3 Å². The van der Waals surface area contributed by atoms with Crippen molar-refractivity contribution in [2.24, 2.45) is 0 Å². The first kappa shape index (κ1) is 23.8. The molecule has 0 N–H and O–H groups in total. The van der Waals surface area contributed by atoms with Crippen LogP contribution in [0.25, 0.3) is 5.69 Å². The molecule has 2 heterocycles. The minimum Gasteiger partial charge on any atom is -0.282 e. The Morgan fingerprint density at radius 2 is 1.52 bits per heavy atom. The van der Waals surface area contributed by atoms with Gasteiger partial charge in [-0.2, -0.15) is 9.40 Å². The predicted octanol–water partition coefficient (Wildman–Crippen LogP) is 3.91. The van der Waals surface area contributed by atoms with E-state index in [0.717, 1.165) is 33.8 Å². The molecule has 33 heavy (non-hydrogen) atoms. The van der Waals surface area contributed by atoms with Crippen LogP contribution in [0.1, 0.15) is 28.1 Å². The third kappa shape index (κ3) is 4.55. The van der Waals surface area contributed by atoms with Crippen LogP contribution in [0.2, 0.25) is 0 Å². The summed E-state index contributed by atoms with van der Waals surface area (Å²) in [6.07, 6.45) is 0. The first-order valence-electron chi connectivity index (χ1n) is 11.1. The van der Waals surface area contributed by atoms with Gasteiger partial charge in [0.25, 0.3) is 0 Å². The van der Waals surface area contributed by atoms with Gasteiger partial charge in [-0.05, 0) is 69.6 Å². The molecule has 176 valence electrons. The maximum absolute atomic E-state index is 13.4. The zero-order chi connectivity index (χ0) is 23.9. The Hall–Kier alpha value is -2.33. The number of aromatic nitrogens is 3. The van der Waals surface area contributed by atoms with Crippen molar-refractivity contribution in [2.75, 3.05) is 26.2 Å². The summed E-state index contributed by atoms with van der Waals surface area (Å²) in [5.74, 6) is 0.834. The van der Waals surface area contributed by atoms with Crippen LogP contribution in [-0.2, 0) is 16.7 Å². The third-order valence-electron chi connectivity index (χ3n) is 6.23. The van der Waals surface area contributed by atoms with Crippen molar-refractivity contribution in [3.63, 3.8) is 0 Å². The normalized spacial score (nSPS) is 15.8. The molecule has 0 spiro atoms. The van der Waals surface area contributed by atoms with Gasteiger partial charge in [0.1, 0.15) is 5.82 Å². The fourth-order valence-corrected chi connectivity index (χ4v) is 6.87. The Morgan fingerprint density at radius 3 is 2.12 bits per heavy atom. The van der Waals surface area contributed by atoms with Crippen molar-refractivity contribution in [3.05, 3.63) is 69.2 Å². The van der Waals surface area contributed by atoms with Crippen LogP contribution in [0.4, 0.5) is 0 Å². The second-order valence-corrected chi connectivity index (χ2v) is 11.1. The van der Waals surface area contributed by atoms with Crippen molar-refractivity contribution in [1.82, 2.24) is 23.6 Å². The molecule has 7 nitrogen and oxygen atoms in total. The molecule has 3 aromatic rings. The number of hydrogen-bond acceptors (Lipinski definition) is 5. The molecular formula is C24H31N5O2S2. The first-order chi connectivity index (χ1) is 15.6. The minimum absolute atomic E-state index is 0.441. The van der Waals surface area contributed by atoms with Gasteiger partial charge < -0.3 is 0 Å². The fraction of sp³-hybridized carbons (Fsp3) is 0.417. The van der Waals surface area contributed by atoms with Gasteiger partial charge in [0.05, 0.1) is 17.3 Å². The number of hydrogen-bond donors (Lipinski definition) is 0. The van der Waals surface area contributed by atoms with Crippen molar-refractivity contribution < 1.29 is 8.42 Å². The molecule has 0 atom stereocenters. The lowest BCUT2D eigenvalue weighted by Crippen LogP contribution is -2.49. The van der Waals surface area contributed by atoms with Crippen molar-refractivity contribution >= 4 is 22.2 Å². The maximum atomic E-state index is 13.4. The van der Waals surface area contributed by atoms with Crippen LogP contribution in [-0.4, -0.2) is 58.1 Å². The number of sulfonamides is 1. The molecule has 4 rings (SSSR count). The van der Waals surface area contributed by atoms with E-state index in [-0.39, 0.29) is 0 Å². The van der Waals surface area contributed by atoms with Crippen molar-refractivity contribution in [2.45, 2.75) is 46.2 Å². The maximum Gasteiger partial charge on any atom is 0.243 e. The lowest BCUT2D eigenvalue weighted by Gasteiger charge is -2.34. The molecule has 0 bridgehead atoms. The second-order valence-electron chi connectivity index (χ2n) is 8.84. The van der Waals surface area contributed by atoms with Gasteiger partial charge >= 0.3 is 0 Å². The van der Waals surface area contributed by atoms with Gasteiger partial charge in [-0.15, -0.1) is 0 Å². The molecular weight excluding hydrogens is 454 g/mol. The minimum atomic E-state index is -3.53. The largest absolute Gasteiger partial charge is 0.282 e. The van der Waals surface area contributed by atoms with Gasteiger partial charge in [0.2, 0.25) is 14.8 Å². The van der Waals surface area contributed by atoms with E-state index in [4.69, 9.17) is 12.2 Å². The molecule has 0 saturated carbocycles. The lowest BCUT2D eigenvalue weighted by atomic mass is 10.1. The number of nitrogens with zero attached hydrogens (tertiary/aromatic N) is 5. The highest BCUT2D eigenvalue weighted by Gasteiger charge is 2.31. The Bertz CT molecular complexity index is 1330. The standard InChI is InChI=1S/C24H31N5O2S2/c1-17-14-19(3)23(20(4)15-17)33(30,31)27-12-10-26(11-13-27)16-28-24(32)29(21(5)25-28)22-9-7-6-8-18(22)2/h6-9,14-15H,10-13,16H2,1-5H3. The summed E-state index contributed by atoms with van der Waals surface area (Å²) in [5, 5.41) is 4.67. The van der Waals surface area contributed by atoms with Crippen LogP contribution in [0.5, 0.6) is 0 Å². The molecule has 1 aliphatic rings. The zero-order valence-electron chi connectivity index (χ0n) is 19.9. The van der Waals surface area contributed by atoms with Gasteiger partial charge in [0, 0.05) is 26.2 Å². The molecule has 1 aliphatic heterocycles. The number of para-hydroxylation sites is 1. The molecule has 1 aromatic heterocycles.